The lowest BCUT2D eigenvalue weighted by Crippen LogP contribution is -2.45. The number of nitrogens with one attached hydrogen (secondary N) is 1. The van der Waals surface area contributed by atoms with E-state index in [4.69, 9.17) is 5.11 Å². The first-order valence-electron chi connectivity index (χ1n) is 8.06. The molecule has 3 rings (SSSR count). The maximum absolute atomic E-state index is 12.3. The molecule has 3 unspecified atom stereocenters. The molecule has 2 N–H and O–H groups in total. The van der Waals surface area contributed by atoms with Gasteiger partial charge >= 0.3 is 12.6 Å². The van der Waals surface area contributed by atoms with Crippen LogP contribution in [0.5, 0.6) is 5.75 Å². The minimum absolute atomic E-state index is 0.112. The molecular formula is C17H19F2NO4. The first-order chi connectivity index (χ1) is 11.5. The molecule has 0 bridgehead atoms. The van der Waals surface area contributed by atoms with E-state index in [0.717, 1.165) is 30.4 Å². The Balaban J connectivity index is 1.70. The van der Waals surface area contributed by atoms with Gasteiger partial charge < -0.3 is 15.2 Å². The van der Waals surface area contributed by atoms with Crippen molar-refractivity contribution in [3.63, 3.8) is 0 Å². The Hall–Kier alpha value is -2.18. The quantitative estimate of drug-likeness (QED) is 0.865. The molecule has 7 heteroatoms. The van der Waals surface area contributed by atoms with E-state index in [-0.39, 0.29) is 17.7 Å². The Morgan fingerprint density at radius 2 is 1.96 bits per heavy atom. The minimum atomic E-state index is -2.87. The highest BCUT2D eigenvalue weighted by Gasteiger charge is 2.42. The van der Waals surface area contributed by atoms with Crippen molar-refractivity contribution in [3.8, 4) is 5.75 Å². The molecule has 0 saturated heterocycles. The van der Waals surface area contributed by atoms with Gasteiger partial charge in [0, 0.05) is 0 Å². The predicted molar refractivity (Wildman–Crippen MR) is 80.7 cm³/mol. The standard InChI is InChI=1S/C17H19F2NO4/c18-17(19)24-10-4-5-11-9(8-10)2-1-3-14(11)20-15(21)12-6-7-13(12)16(22)23/h4-5,8,12-14,17H,1-3,6-7H2,(H,20,21)(H,22,23). The molecule has 1 fully saturated rings. The Morgan fingerprint density at radius 3 is 2.58 bits per heavy atom. The molecule has 24 heavy (non-hydrogen) atoms. The van der Waals surface area contributed by atoms with E-state index in [1.807, 2.05) is 0 Å². The van der Waals surface area contributed by atoms with Crippen molar-refractivity contribution in [1.29, 1.82) is 0 Å². The first-order valence-corrected chi connectivity index (χ1v) is 8.06. The van der Waals surface area contributed by atoms with Crippen molar-refractivity contribution < 1.29 is 28.2 Å². The molecule has 3 atom stereocenters. The van der Waals surface area contributed by atoms with Crippen LogP contribution in [0.4, 0.5) is 8.78 Å². The molecule has 2 aliphatic rings. The average molecular weight is 339 g/mol. The number of ether oxygens (including phenoxy) is 1. The van der Waals surface area contributed by atoms with Gasteiger partial charge in [-0.05, 0) is 55.4 Å². The summed E-state index contributed by atoms with van der Waals surface area (Å²) in [6.45, 7) is -2.87. The number of aliphatic carboxylic acids is 1. The number of carboxylic acids is 1. The average Bonchev–Trinajstić information content (AvgIpc) is 2.44. The number of benzene rings is 1. The molecule has 1 aromatic carbocycles. The van der Waals surface area contributed by atoms with E-state index in [0.29, 0.717) is 12.8 Å². The lowest BCUT2D eigenvalue weighted by Gasteiger charge is -2.34. The monoisotopic (exact) mass is 339 g/mol. The molecule has 1 saturated carbocycles. The third-order valence-corrected chi connectivity index (χ3v) is 4.90. The summed E-state index contributed by atoms with van der Waals surface area (Å²) in [4.78, 5) is 23.4. The topological polar surface area (TPSA) is 75.6 Å². The summed E-state index contributed by atoms with van der Waals surface area (Å²) in [5, 5.41) is 12.0. The number of aryl methyl sites for hydroxylation is 1. The number of halogens is 2. The Morgan fingerprint density at radius 1 is 1.21 bits per heavy atom. The van der Waals surface area contributed by atoms with Gasteiger partial charge in [0.05, 0.1) is 17.9 Å². The fourth-order valence-electron chi connectivity index (χ4n) is 3.50. The maximum Gasteiger partial charge on any atom is 0.387 e. The van der Waals surface area contributed by atoms with Crippen LogP contribution >= 0.6 is 0 Å². The number of rotatable bonds is 5. The maximum atomic E-state index is 12.3. The lowest BCUT2D eigenvalue weighted by atomic mass is 9.73. The molecule has 2 aliphatic carbocycles. The van der Waals surface area contributed by atoms with Crippen molar-refractivity contribution in [2.75, 3.05) is 0 Å². The minimum Gasteiger partial charge on any atom is -0.481 e. The predicted octanol–water partition coefficient (Wildman–Crippen LogP) is 2.89. The second kappa shape index (κ2) is 6.75. The van der Waals surface area contributed by atoms with Gasteiger partial charge in [0.1, 0.15) is 5.75 Å². The zero-order valence-corrected chi connectivity index (χ0v) is 13.0. The van der Waals surface area contributed by atoms with Crippen molar-refractivity contribution in [1.82, 2.24) is 5.32 Å². The summed E-state index contributed by atoms with van der Waals surface area (Å²) in [6.07, 6.45) is 3.43. The van der Waals surface area contributed by atoms with Crippen LogP contribution in [-0.2, 0) is 16.0 Å². The van der Waals surface area contributed by atoms with E-state index in [1.165, 1.54) is 6.07 Å². The smallest absolute Gasteiger partial charge is 0.387 e. The van der Waals surface area contributed by atoms with E-state index in [2.05, 4.69) is 10.1 Å². The number of alkyl halides is 2. The SMILES string of the molecule is O=C(O)C1CCC1C(=O)NC1CCCc2cc(OC(F)F)ccc21. The Labute approximate surface area is 138 Å². The molecular weight excluding hydrogens is 320 g/mol. The van der Waals surface area contributed by atoms with Crippen molar-refractivity contribution in [2.24, 2.45) is 11.8 Å². The molecule has 1 aromatic rings. The number of carbonyl (C=O) groups is 2. The van der Waals surface area contributed by atoms with Crippen molar-refractivity contribution >= 4 is 11.9 Å². The Bertz CT molecular complexity index is 649. The van der Waals surface area contributed by atoms with E-state index >= 15 is 0 Å². The van der Waals surface area contributed by atoms with Crippen LogP contribution in [0.2, 0.25) is 0 Å². The van der Waals surface area contributed by atoms with Crippen LogP contribution < -0.4 is 10.1 Å². The lowest BCUT2D eigenvalue weighted by molar-refractivity contribution is -0.153. The number of carboxylic acid groups (broad SMARTS) is 1. The summed E-state index contributed by atoms with van der Waals surface area (Å²) in [7, 11) is 0. The van der Waals surface area contributed by atoms with Gasteiger partial charge in [-0.1, -0.05) is 6.07 Å². The number of carbonyl (C=O) groups excluding carboxylic acids is 1. The number of hydrogen-bond acceptors (Lipinski definition) is 3. The van der Waals surface area contributed by atoms with Crippen LogP contribution in [0.3, 0.4) is 0 Å². The van der Waals surface area contributed by atoms with Crippen LogP contribution in [0.1, 0.15) is 42.9 Å². The van der Waals surface area contributed by atoms with Gasteiger partial charge in [-0.3, -0.25) is 9.59 Å². The molecule has 0 spiro atoms. The Kier molecular flexibility index (Phi) is 4.69. The van der Waals surface area contributed by atoms with Crippen LogP contribution in [0.15, 0.2) is 18.2 Å². The van der Waals surface area contributed by atoms with E-state index < -0.39 is 24.4 Å². The van der Waals surface area contributed by atoms with Crippen LogP contribution in [0, 0.1) is 11.8 Å². The highest BCUT2D eigenvalue weighted by atomic mass is 19.3. The summed E-state index contributed by atoms with van der Waals surface area (Å²) in [6, 6.07) is 4.55. The zero-order chi connectivity index (χ0) is 17.3. The first kappa shape index (κ1) is 16.7. The molecule has 0 aromatic heterocycles. The van der Waals surface area contributed by atoms with E-state index in [9.17, 15) is 18.4 Å². The molecule has 0 radical (unpaired) electrons. The third-order valence-electron chi connectivity index (χ3n) is 4.90. The summed E-state index contributed by atoms with van der Waals surface area (Å²) in [5.41, 5.74) is 1.77. The zero-order valence-electron chi connectivity index (χ0n) is 13.0. The second-order valence-electron chi connectivity index (χ2n) is 6.32. The van der Waals surface area contributed by atoms with Gasteiger partial charge in [-0.15, -0.1) is 0 Å². The van der Waals surface area contributed by atoms with Crippen LogP contribution in [-0.4, -0.2) is 23.6 Å². The van der Waals surface area contributed by atoms with Crippen molar-refractivity contribution in [3.05, 3.63) is 29.3 Å². The highest BCUT2D eigenvalue weighted by Crippen LogP contribution is 2.37. The molecule has 0 heterocycles. The fraction of sp³-hybridized carbons (Fsp3) is 0.529. The number of amides is 1. The largest absolute Gasteiger partial charge is 0.481 e. The van der Waals surface area contributed by atoms with Gasteiger partial charge in [0.2, 0.25) is 5.91 Å². The molecule has 0 aliphatic heterocycles. The molecule has 1 amide bonds. The molecule has 5 nitrogen and oxygen atoms in total. The van der Waals surface area contributed by atoms with Gasteiger partial charge in [0.25, 0.3) is 0 Å². The van der Waals surface area contributed by atoms with Gasteiger partial charge in [-0.25, -0.2) is 0 Å². The summed E-state index contributed by atoms with van der Waals surface area (Å²) >= 11 is 0. The fourth-order valence-corrected chi connectivity index (χ4v) is 3.50. The highest BCUT2D eigenvalue weighted by molar-refractivity contribution is 5.86. The van der Waals surface area contributed by atoms with E-state index in [1.54, 1.807) is 12.1 Å². The second-order valence-corrected chi connectivity index (χ2v) is 6.32. The number of hydrogen-bond donors (Lipinski definition) is 2. The van der Waals surface area contributed by atoms with Crippen LogP contribution in [0.25, 0.3) is 0 Å². The summed E-state index contributed by atoms with van der Waals surface area (Å²) in [5.74, 6) is -2.14. The third kappa shape index (κ3) is 3.34. The molecule has 130 valence electrons. The van der Waals surface area contributed by atoms with Crippen molar-refractivity contribution in [2.45, 2.75) is 44.8 Å². The number of fused-ring (bicyclic) bond motifs is 1. The van der Waals surface area contributed by atoms with Gasteiger partial charge in [-0.2, -0.15) is 8.78 Å². The normalized spacial score (nSPS) is 25.5. The summed E-state index contributed by atoms with van der Waals surface area (Å²) < 4.78 is 29.0. The van der Waals surface area contributed by atoms with Gasteiger partial charge in [0.15, 0.2) is 0 Å².